The first-order valence-electron chi connectivity index (χ1n) is 7.60. The predicted molar refractivity (Wildman–Crippen MR) is 84.9 cm³/mol. The molecule has 0 fully saturated rings. The number of aliphatic imine (C=N–C) groups is 2. The first-order chi connectivity index (χ1) is 10.5. The summed E-state index contributed by atoms with van der Waals surface area (Å²) >= 11 is 0. The zero-order valence-electron chi connectivity index (χ0n) is 13.1. The van der Waals surface area contributed by atoms with Gasteiger partial charge < -0.3 is 15.0 Å². The summed E-state index contributed by atoms with van der Waals surface area (Å²) in [6, 6.07) is 3.49. The van der Waals surface area contributed by atoms with Gasteiger partial charge in [0.2, 0.25) is 5.96 Å². The van der Waals surface area contributed by atoms with Gasteiger partial charge >= 0.3 is 0 Å². The number of nitrogens with one attached hydrogen (secondary N) is 1. The normalized spacial score (nSPS) is 18.0. The molecule has 118 valence electrons. The SMILES string of the molecule is CC(C)N1C=NC(N[C@@H](C)c2cc3c(cc2F)CCO3)=NC1. The Kier molecular flexibility index (Phi) is 4.00. The monoisotopic (exact) mass is 304 g/mol. The average molecular weight is 304 g/mol. The molecule has 5 nitrogen and oxygen atoms in total. The Labute approximate surface area is 129 Å². The summed E-state index contributed by atoms with van der Waals surface area (Å²) in [5.74, 6) is 1.10. The van der Waals surface area contributed by atoms with Crippen molar-refractivity contribution in [2.24, 2.45) is 9.98 Å². The largest absolute Gasteiger partial charge is 0.493 e. The van der Waals surface area contributed by atoms with Crippen molar-refractivity contribution in [2.45, 2.75) is 39.3 Å². The van der Waals surface area contributed by atoms with Crippen molar-refractivity contribution in [1.29, 1.82) is 0 Å². The van der Waals surface area contributed by atoms with Gasteiger partial charge in [-0.2, -0.15) is 0 Å². The minimum absolute atomic E-state index is 0.214. The van der Waals surface area contributed by atoms with Crippen molar-refractivity contribution in [1.82, 2.24) is 10.2 Å². The summed E-state index contributed by atoms with van der Waals surface area (Å²) in [6.45, 7) is 7.26. The van der Waals surface area contributed by atoms with Gasteiger partial charge in [0.15, 0.2) is 0 Å². The van der Waals surface area contributed by atoms with Gasteiger partial charge in [-0.25, -0.2) is 14.4 Å². The van der Waals surface area contributed by atoms with Crippen LogP contribution < -0.4 is 10.1 Å². The van der Waals surface area contributed by atoms with Crippen molar-refractivity contribution >= 4 is 12.3 Å². The number of hydrogen-bond donors (Lipinski definition) is 1. The molecule has 2 aliphatic rings. The minimum Gasteiger partial charge on any atom is -0.493 e. The van der Waals surface area contributed by atoms with Crippen LogP contribution in [0.25, 0.3) is 0 Å². The van der Waals surface area contributed by atoms with E-state index in [0.29, 0.717) is 30.8 Å². The number of nitrogens with zero attached hydrogens (tertiary/aromatic N) is 3. The van der Waals surface area contributed by atoms with Crippen LogP contribution in [-0.2, 0) is 6.42 Å². The molecule has 0 amide bonds. The molecule has 1 aromatic carbocycles. The first-order valence-corrected chi connectivity index (χ1v) is 7.60. The van der Waals surface area contributed by atoms with Crippen LogP contribution in [-0.4, -0.2) is 36.5 Å². The van der Waals surface area contributed by atoms with Crippen LogP contribution >= 0.6 is 0 Å². The summed E-state index contributed by atoms with van der Waals surface area (Å²) in [5.41, 5.74) is 1.51. The number of benzene rings is 1. The average Bonchev–Trinajstić information content (AvgIpc) is 2.94. The van der Waals surface area contributed by atoms with E-state index in [9.17, 15) is 4.39 Å². The van der Waals surface area contributed by atoms with E-state index in [2.05, 4.69) is 29.1 Å². The van der Waals surface area contributed by atoms with Crippen LogP contribution in [0.5, 0.6) is 5.75 Å². The smallest absolute Gasteiger partial charge is 0.221 e. The molecule has 0 bridgehead atoms. The minimum atomic E-state index is -0.226. The van der Waals surface area contributed by atoms with Crippen molar-refractivity contribution < 1.29 is 9.13 Å². The Morgan fingerprint density at radius 3 is 2.82 bits per heavy atom. The van der Waals surface area contributed by atoms with Crippen LogP contribution in [0, 0.1) is 5.82 Å². The Morgan fingerprint density at radius 1 is 1.32 bits per heavy atom. The number of halogens is 1. The third-order valence-electron chi connectivity index (χ3n) is 4.00. The molecule has 0 saturated carbocycles. The van der Waals surface area contributed by atoms with Crippen LogP contribution in [0.2, 0.25) is 0 Å². The molecule has 0 aliphatic carbocycles. The Balaban J connectivity index is 1.71. The van der Waals surface area contributed by atoms with Gasteiger partial charge in [-0.15, -0.1) is 0 Å². The fraction of sp³-hybridized carbons (Fsp3) is 0.500. The number of fused-ring (bicyclic) bond motifs is 1. The molecule has 0 spiro atoms. The van der Waals surface area contributed by atoms with E-state index in [4.69, 9.17) is 4.74 Å². The number of hydrogen-bond acceptors (Lipinski definition) is 5. The van der Waals surface area contributed by atoms with Crippen LogP contribution in [0.15, 0.2) is 22.1 Å². The quantitative estimate of drug-likeness (QED) is 0.933. The topological polar surface area (TPSA) is 49.2 Å². The molecule has 2 heterocycles. The standard InChI is InChI=1S/C16H21FN4O/c1-10(2)21-8-18-16(19-9-21)20-11(3)13-7-15-12(4-5-22-15)6-14(13)17/h6-8,10-11H,4-5,9H2,1-3H3,(H,19,20)/t11-/m0/s1. The molecular weight excluding hydrogens is 283 g/mol. The van der Waals surface area contributed by atoms with Gasteiger partial charge in [0.05, 0.1) is 19.0 Å². The molecule has 0 radical (unpaired) electrons. The summed E-state index contributed by atoms with van der Waals surface area (Å²) in [5, 5.41) is 3.16. The van der Waals surface area contributed by atoms with Crippen molar-refractivity contribution in [3.05, 3.63) is 29.1 Å². The van der Waals surface area contributed by atoms with Gasteiger partial charge in [-0.1, -0.05) is 0 Å². The molecular formula is C16H21FN4O. The first kappa shape index (κ1) is 14.8. The van der Waals surface area contributed by atoms with E-state index in [-0.39, 0.29) is 11.9 Å². The van der Waals surface area contributed by atoms with Gasteiger partial charge in [-0.3, -0.25) is 0 Å². The van der Waals surface area contributed by atoms with Gasteiger partial charge in [-0.05, 0) is 32.9 Å². The maximum absolute atomic E-state index is 14.2. The molecule has 6 heteroatoms. The van der Waals surface area contributed by atoms with E-state index in [1.807, 2.05) is 11.8 Å². The van der Waals surface area contributed by atoms with E-state index >= 15 is 0 Å². The zero-order chi connectivity index (χ0) is 15.7. The molecule has 1 atom stereocenters. The van der Waals surface area contributed by atoms with E-state index in [0.717, 1.165) is 17.7 Å². The summed E-state index contributed by atoms with van der Waals surface area (Å²) in [7, 11) is 0. The van der Waals surface area contributed by atoms with Crippen molar-refractivity contribution in [3.63, 3.8) is 0 Å². The second-order valence-corrected chi connectivity index (χ2v) is 5.92. The highest BCUT2D eigenvalue weighted by molar-refractivity contribution is 5.89. The number of guanidine groups is 1. The maximum Gasteiger partial charge on any atom is 0.221 e. The molecule has 0 aromatic heterocycles. The second kappa shape index (κ2) is 5.94. The van der Waals surface area contributed by atoms with E-state index < -0.39 is 0 Å². The van der Waals surface area contributed by atoms with E-state index in [1.54, 1.807) is 18.5 Å². The molecule has 0 unspecified atom stereocenters. The lowest BCUT2D eigenvalue weighted by Crippen LogP contribution is -2.36. The van der Waals surface area contributed by atoms with Crippen molar-refractivity contribution in [3.8, 4) is 5.75 Å². The second-order valence-electron chi connectivity index (χ2n) is 5.92. The predicted octanol–water partition coefficient (Wildman–Crippen LogP) is 2.48. The molecule has 2 aliphatic heterocycles. The number of ether oxygens (including phenoxy) is 1. The van der Waals surface area contributed by atoms with Crippen LogP contribution in [0.4, 0.5) is 4.39 Å². The summed E-state index contributed by atoms with van der Waals surface area (Å²) in [6.07, 6.45) is 2.55. The van der Waals surface area contributed by atoms with Gasteiger partial charge in [0, 0.05) is 23.6 Å². The van der Waals surface area contributed by atoms with Crippen LogP contribution in [0.3, 0.4) is 0 Å². The Hall–Kier alpha value is -2.11. The van der Waals surface area contributed by atoms with Gasteiger partial charge in [0.25, 0.3) is 0 Å². The molecule has 3 rings (SSSR count). The van der Waals surface area contributed by atoms with Crippen LogP contribution in [0.1, 0.15) is 37.9 Å². The van der Waals surface area contributed by atoms with E-state index in [1.165, 1.54) is 0 Å². The maximum atomic E-state index is 14.2. The molecule has 1 N–H and O–H groups in total. The zero-order valence-corrected chi connectivity index (χ0v) is 13.1. The third kappa shape index (κ3) is 2.91. The highest BCUT2D eigenvalue weighted by atomic mass is 19.1. The molecule has 22 heavy (non-hydrogen) atoms. The Bertz CT molecular complexity index is 627. The lowest BCUT2D eigenvalue weighted by molar-refractivity contribution is 0.356. The molecule has 0 saturated heterocycles. The Morgan fingerprint density at radius 2 is 2.14 bits per heavy atom. The fourth-order valence-electron chi connectivity index (χ4n) is 2.55. The third-order valence-corrected chi connectivity index (χ3v) is 4.00. The lowest BCUT2D eigenvalue weighted by Gasteiger charge is -2.26. The molecule has 1 aromatic rings. The highest BCUT2D eigenvalue weighted by Gasteiger charge is 2.20. The summed E-state index contributed by atoms with van der Waals surface area (Å²) in [4.78, 5) is 10.7. The summed E-state index contributed by atoms with van der Waals surface area (Å²) < 4.78 is 19.7. The van der Waals surface area contributed by atoms with Crippen molar-refractivity contribution in [2.75, 3.05) is 13.3 Å². The number of rotatable bonds is 3. The van der Waals surface area contributed by atoms with Gasteiger partial charge in [0.1, 0.15) is 18.2 Å². The highest BCUT2D eigenvalue weighted by Crippen LogP contribution is 2.30. The fourth-order valence-corrected chi connectivity index (χ4v) is 2.55. The lowest BCUT2D eigenvalue weighted by atomic mass is 10.0.